The van der Waals surface area contributed by atoms with Crippen molar-refractivity contribution in [1.29, 1.82) is 0 Å². The summed E-state index contributed by atoms with van der Waals surface area (Å²) < 4.78 is 5.03. The van der Waals surface area contributed by atoms with Gasteiger partial charge in [-0.3, -0.25) is 0 Å². The van der Waals surface area contributed by atoms with Crippen molar-refractivity contribution in [1.82, 2.24) is 5.32 Å². The summed E-state index contributed by atoms with van der Waals surface area (Å²) in [4.78, 5) is 0. The first-order chi connectivity index (χ1) is 7.31. The molecule has 1 N–H and O–H groups in total. The fourth-order valence-electron chi connectivity index (χ4n) is 2.13. The second-order valence-electron chi connectivity index (χ2n) is 3.88. The van der Waals surface area contributed by atoms with Gasteiger partial charge < -0.3 is 10.1 Å². The molecule has 0 saturated carbocycles. The monoisotopic (exact) mass is 225 g/mol. The number of nitrogens with one attached hydrogen (secondary N) is 1. The SMILES string of the molecule is COCCN[C@@H]1CCc2cc(Cl)ccc21. The topological polar surface area (TPSA) is 21.3 Å². The summed E-state index contributed by atoms with van der Waals surface area (Å²) in [5.74, 6) is 0. The highest BCUT2D eigenvalue weighted by atomic mass is 35.5. The normalized spacial score (nSPS) is 19.2. The molecular weight excluding hydrogens is 210 g/mol. The molecule has 0 radical (unpaired) electrons. The van der Waals surface area contributed by atoms with E-state index in [1.54, 1.807) is 7.11 Å². The molecule has 1 aliphatic rings. The first-order valence-electron chi connectivity index (χ1n) is 5.32. The Bertz CT molecular complexity index is 340. The molecule has 2 nitrogen and oxygen atoms in total. The van der Waals surface area contributed by atoms with Crippen LogP contribution in [0.15, 0.2) is 18.2 Å². The molecule has 15 heavy (non-hydrogen) atoms. The van der Waals surface area contributed by atoms with E-state index in [-0.39, 0.29) is 0 Å². The maximum absolute atomic E-state index is 5.96. The van der Waals surface area contributed by atoms with Crippen LogP contribution < -0.4 is 5.32 Å². The van der Waals surface area contributed by atoms with Gasteiger partial charge in [0.25, 0.3) is 0 Å². The number of methoxy groups -OCH3 is 1. The number of halogens is 1. The van der Waals surface area contributed by atoms with Gasteiger partial charge >= 0.3 is 0 Å². The molecule has 1 aliphatic carbocycles. The number of benzene rings is 1. The van der Waals surface area contributed by atoms with E-state index in [2.05, 4.69) is 17.4 Å². The third-order valence-electron chi connectivity index (χ3n) is 2.88. The Morgan fingerprint density at radius 2 is 2.40 bits per heavy atom. The van der Waals surface area contributed by atoms with Gasteiger partial charge in [0, 0.05) is 24.7 Å². The van der Waals surface area contributed by atoms with Gasteiger partial charge in [0.05, 0.1) is 6.61 Å². The van der Waals surface area contributed by atoms with Crippen molar-refractivity contribution >= 4 is 11.6 Å². The zero-order valence-electron chi connectivity index (χ0n) is 8.92. The van der Waals surface area contributed by atoms with Crippen molar-refractivity contribution in [2.24, 2.45) is 0 Å². The molecule has 3 heteroatoms. The number of fused-ring (bicyclic) bond motifs is 1. The summed E-state index contributed by atoms with van der Waals surface area (Å²) in [5.41, 5.74) is 2.79. The lowest BCUT2D eigenvalue weighted by atomic mass is 10.1. The molecule has 0 aliphatic heterocycles. The van der Waals surface area contributed by atoms with Gasteiger partial charge in [0.1, 0.15) is 0 Å². The average molecular weight is 226 g/mol. The van der Waals surface area contributed by atoms with E-state index in [9.17, 15) is 0 Å². The molecule has 0 bridgehead atoms. The second-order valence-corrected chi connectivity index (χ2v) is 4.32. The van der Waals surface area contributed by atoms with Gasteiger partial charge in [0.2, 0.25) is 0 Å². The second kappa shape index (κ2) is 4.97. The molecule has 2 rings (SSSR count). The predicted octanol–water partition coefficient (Wildman–Crippen LogP) is 2.56. The molecule has 82 valence electrons. The number of rotatable bonds is 4. The van der Waals surface area contributed by atoms with Crippen LogP contribution in [0.1, 0.15) is 23.6 Å². The highest BCUT2D eigenvalue weighted by molar-refractivity contribution is 6.30. The van der Waals surface area contributed by atoms with Crippen molar-refractivity contribution in [2.75, 3.05) is 20.3 Å². The van der Waals surface area contributed by atoms with Crippen molar-refractivity contribution in [3.63, 3.8) is 0 Å². The summed E-state index contributed by atoms with van der Waals surface area (Å²) in [5, 5.41) is 4.33. The molecule has 0 aromatic heterocycles. The van der Waals surface area contributed by atoms with Gasteiger partial charge in [-0.05, 0) is 36.1 Å². The molecule has 0 unspecified atom stereocenters. The van der Waals surface area contributed by atoms with Crippen LogP contribution in [0.3, 0.4) is 0 Å². The smallest absolute Gasteiger partial charge is 0.0587 e. The van der Waals surface area contributed by atoms with E-state index in [1.807, 2.05) is 6.07 Å². The lowest BCUT2D eigenvalue weighted by molar-refractivity contribution is 0.195. The van der Waals surface area contributed by atoms with Crippen LogP contribution in [0, 0.1) is 0 Å². The molecule has 0 heterocycles. The Morgan fingerprint density at radius 1 is 1.53 bits per heavy atom. The largest absolute Gasteiger partial charge is 0.383 e. The van der Waals surface area contributed by atoms with Crippen molar-refractivity contribution < 1.29 is 4.74 Å². The van der Waals surface area contributed by atoms with E-state index in [4.69, 9.17) is 16.3 Å². The van der Waals surface area contributed by atoms with Gasteiger partial charge in [-0.15, -0.1) is 0 Å². The van der Waals surface area contributed by atoms with E-state index < -0.39 is 0 Å². The minimum atomic E-state index is 0.479. The van der Waals surface area contributed by atoms with Crippen molar-refractivity contribution in [2.45, 2.75) is 18.9 Å². The molecule has 1 aromatic rings. The zero-order valence-corrected chi connectivity index (χ0v) is 9.68. The van der Waals surface area contributed by atoms with Crippen LogP contribution in [0.25, 0.3) is 0 Å². The minimum absolute atomic E-state index is 0.479. The molecule has 1 aromatic carbocycles. The number of ether oxygens (including phenoxy) is 1. The van der Waals surface area contributed by atoms with Gasteiger partial charge in [-0.2, -0.15) is 0 Å². The van der Waals surface area contributed by atoms with Gasteiger partial charge in [-0.25, -0.2) is 0 Å². The fourth-order valence-corrected chi connectivity index (χ4v) is 2.33. The van der Waals surface area contributed by atoms with E-state index in [0.29, 0.717) is 6.04 Å². The Kier molecular flexibility index (Phi) is 3.62. The van der Waals surface area contributed by atoms with Gasteiger partial charge in [0.15, 0.2) is 0 Å². The maximum Gasteiger partial charge on any atom is 0.0587 e. The third-order valence-corrected chi connectivity index (χ3v) is 3.11. The van der Waals surface area contributed by atoms with Crippen LogP contribution in [-0.2, 0) is 11.2 Å². The highest BCUT2D eigenvalue weighted by Gasteiger charge is 2.21. The number of hydrogen-bond acceptors (Lipinski definition) is 2. The fraction of sp³-hybridized carbons (Fsp3) is 0.500. The Balaban J connectivity index is 2.02. The Labute approximate surface area is 95.6 Å². The summed E-state index contributed by atoms with van der Waals surface area (Å²) in [6, 6.07) is 6.66. The lowest BCUT2D eigenvalue weighted by Gasteiger charge is -2.13. The van der Waals surface area contributed by atoms with Crippen LogP contribution in [0.5, 0.6) is 0 Å². The molecule has 1 atom stereocenters. The van der Waals surface area contributed by atoms with Crippen LogP contribution in [0.2, 0.25) is 5.02 Å². The molecule has 0 fully saturated rings. The highest BCUT2D eigenvalue weighted by Crippen LogP contribution is 2.32. The van der Waals surface area contributed by atoms with Crippen LogP contribution in [0.4, 0.5) is 0 Å². The van der Waals surface area contributed by atoms with Gasteiger partial charge in [-0.1, -0.05) is 17.7 Å². The molecule has 0 spiro atoms. The number of aryl methyl sites for hydroxylation is 1. The minimum Gasteiger partial charge on any atom is -0.383 e. The summed E-state index contributed by atoms with van der Waals surface area (Å²) >= 11 is 5.96. The molecule has 0 saturated heterocycles. The van der Waals surface area contributed by atoms with Crippen LogP contribution >= 0.6 is 11.6 Å². The number of hydrogen-bond donors (Lipinski definition) is 1. The van der Waals surface area contributed by atoms with E-state index >= 15 is 0 Å². The standard InChI is InChI=1S/C12H16ClNO/c1-15-7-6-14-12-5-2-9-8-10(13)3-4-11(9)12/h3-4,8,12,14H,2,5-7H2,1H3/t12-/m1/s1. The quantitative estimate of drug-likeness (QED) is 0.796. The molecule has 0 amide bonds. The average Bonchev–Trinajstić information content (AvgIpc) is 2.61. The van der Waals surface area contributed by atoms with Crippen LogP contribution in [-0.4, -0.2) is 20.3 Å². The van der Waals surface area contributed by atoms with Crippen molar-refractivity contribution in [3.05, 3.63) is 34.3 Å². The molecular formula is C12H16ClNO. The van der Waals surface area contributed by atoms with Crippen molar-refractivity contribution in [3.8, 4) is 0 Å². The third kappa shape index (κ3) is 2.51. The summed E-state index contributed by atoms with van der Waals surface area (Å²) in [7, 11) is 1.73. The van der Waals surface area contributed by atoms with E-state index in [1.165, 1.54) is 17.5 Å². The maximum atomic E-state index is 5.96. The zero-order chi connectivity index (χ0) is 10.7. The Hall–Kier alpha value is -0.570. The Morgan fingerprint density at radius 3 is 3.20 bits per heavy atom. The summed E-state index contributed by atoms with van der Waals surface area (Å²) in [6.45, 7) is 1.67. The van der Waals surface area contributed by atoms with E-state index in [0.717, 1.165) is 24.6 Å². The first kappa shape index (κ1) is 10.9. The summed E-state index contributed by atoms with van der Waals surface area (Å²) in [6.07, 6.45) is 2.29. The lowest BCUT2D eigenvalue weighted by Crippen LogP contribution is -2.23. The predicted molar refractivity (Wildman–Crippen MR) is 62.4 cm³/mol. The first-order valence-corrected chi connectivity index (χ1v) is 5.69.